The maximum Gasteiger partial charge on any atom is 0.491 e. The molecule has 2 aromatic heterocycles. The van der Waals surface area contributed by atoms with Crippen molar-refractivity contribution in [2.75, 3.05) is 6.54 Å². The van der Waals surface area contributed by atoms with Crippen LogP contribution in [-0.4, -0.2) is 39.0 Å². The van der Waals surface area contributed by atoms with Gasteiger partial charge in [-0.1, -0.05) is 35.3 Å². The Morgan fingerprint density at radius 1 is 1.09 bits per heavy atom. The Balaban J connectivity index is 1.79. The maximum atomic E-state index is 13.2. The number of pyridine rings is 2. The number of alkyl halides is 3. The van der Waals surface area contributed by atoms with Gasteiger partial charge in [-0.25, -0.2) is 4.79 Å². The minimum atomic E-state index is -5.37. The van der Waals surface area contributed by atoms with E-state index in [1.54, 1.807) is 30.3 Å². The van der Waals surface area contributed by atoms with Crippen molar-refractivity contribution in [2.45, 2.75) is 19.3 Å². The SMILES string of the molecule is O=C1c2c(OC(=O)C(F)(F)F)c(=O)c(-c3ccccn3)cn2CCN1Cc1ccc(Cl)c(Cl)c1. The predicted molar refractivity (Wildman–Crippen MR) is 117 cm³/mol. The van der Waals surface area contributed by atoms with Crippen LogP contribution in [0.2, 0.25) is 10.0 Å². The molecule has 34 heavy (non-hydrogen) atoms. The molecule has 0 atom stereocenters. The molecule has 1 aliphatic rings. The molecule has 0 aliphatic carbocycles. The summed E-state index contributed by atoms with van der Waals surface area (Å²) in [7, 11) is 0. The lowest BCUT2D eigenvalue weighted by atomic mass is 10.1. The van der Waals surface area contributed by atoms with Gasteiger partial charge in [-0.2, -0.15) is 13.2 Å². The number of carbonyl (C=O) groups is 2. The quantitative estimate of drug-likeness (QED) is 0.486. The lowest BCUT2D eigenvalue weighted by Crippen LogP contribution is -2.42. The molecule has 1 aromatic carbocycles. The van der Waals surface area contributed by atoms with Crippen LogP contribution in [0.5, 0.6) is 5.75 Å². The average Bonchev–Trinajstić information content (AvgIpc) is 2.79. The first kappa shape index (κ1) is 23.8. The fraction of sp³-hybridized carbons (Fsp3) is 0.182. The van der Waals surface area contributed by atoms with Crippen molar-refractivity contribution in [2.24, 2.45) is 0 Å². The van der Waals surface area contributed by atoms with Gasteiger partial charge in [0.2, 0.25) is 11.2 Å². The Morgan fingerprint density at radius 3 is 2.50 bits per heavy atom. The molecule has 3 aromatic rings. The fourth-order valence-corrected chi connectivity index (χ4v) is 3.80. The van der Waals surface area contributed by atoms with Gasteiger partial charge in [0.05, 0.1) is 21.3 Å². The van der Waals surface area contributed by atoms with Crippen molar-refractivity contribution < 1.29 is 27.5 Å². The molecule has 0 N–H and O–H groups in total. The Kier molecular flexibility index (Phi) is 6.37. The van der Waals surface area contributed by atoms with Crippen molar-refractivity contribution in [1.29, 1.82) is 0 Å². The van der Waals surface area contributed by atoms with E-state index < -0.39 is 34.9 Å². The molecule has 0 saturated carbocycles. The Labute approximate surface area is 200 Å². The first-order valence-corrected chi connectivity index (χ1v) is 10.5. The number of fused-ring (bicyclic) bond motifs is 1. The van der Waals surface area contributed by atoms with Crippen LogP contribution in [0.15, 0.2) is 53.6 Å². The van der Waals surface area contributed by atoms with Gasteiger partial charge in [0.15, 0.2) is 5.69 Å². The summed E-state index contributed by atoms with van der Waals surface area (Å²) in [5.41, 5.74) is -0.879. The third kappa shape index (κ3) is 4.64. The number of hydrogen-bond acceptors (Lipinski definition) is 5. The number of nitrogens with zero attached hydrogens (tertiary/aromatic N) is 3. The van der Waals surface area contributed by atoms with Crippen LogP contribution in [0.1, 0.15) is 16.1 Å². The highest BCUT2D eigenvalue weighted by Crippen LogP contribution is 2.29. The highest BCUT2D eigenvalue weighted by atomic mass is 35.5. The molecule has 0 unspecified atom stereocenters. The zero-order chi connectivity index (χ0) is 24.6. The standard InChI is InChI=1S/C22H14Cl2F3N3O4/c23-14-5-4-12(9-15(14)24)10-30-8-7-29-11-13(16-3-1-2-6-28-16)18(31)19(17(29)20(30)32)34-21(33)22(25,26)27/h1-6,9,11H,7-8,10H2. The van der Waals surface area contributed by atoms with E-state index in [4.69, 9.17) is 23.2 Å². The maximum absolute atomic E-state index is 13.2. The van der Waals surface area contributed by atoms with Crippen molar-refractivity contribution in [3.8, 4) is 17.0 Å². The Morgan fingerprint density at radius 2 is 1.85 bits per heavy atom. The number of hydrogen-bond donors (Lipinski definition) is 0. The summed E-state index contributed by atoms with van der Waals surface area (Å²) >= 11 is 11.9. The van der Waals surface area contributed by atoms with E-state index >= 15 is 0 Å². The van der Waals surface area contributed by atoms with Crippen LogP contribution in [0.3, 0.4) is 0 Å². The Bertz CT molecular complexity index is 1340. The molecule has 7 nitrogen and oxygen atoms in total. The van der Waals surface area contributed by atoms with Gasteiger partial charge in [0.25, 0.3) is 5.91 Å². The number of esters is 1. The van der Waals surface area contributed by atoms with E-state index in [1.165, 1.54) is 27.9 Å². The molecule has 0 saturated heterocycles. The molecular weight excluding hydrogens is 498 g/mol. The second-order valence-corrected chi connectivity index (χ2v) is 8.13. The molecule has 12 heteroatoms. The minimum absolute atomic E-state index is 0.0402. The van der Waals surface area contributed by atoms with Crippen molar-refractivity contribution in [3.05, 3.63) is 80.3 Å². The molecule has 1 aliphatic heterocycles. The monoisotopic (exact) mass is 511 g/mol. The second-order valence-electron chi connectivity index (χ2n) is 7.32. The van der Waals surface area contributed by atoms with Gasteiger partial charge in [0, 0.05) is 32.0 Å². The van der Waals surface area contributed by atoms with Crippen molar-refractivity contribution in [1.82, 2.24) is 14.5 Å². The van der Waals surface area contributed by atoms with Gasteiger partial charge in [-0.3, -0.25) is 14.6 Å². The minimum Gasteiger partial charge on any atom is -0.413 e. The molecule has 0 bridgehead atoms. The predicted octanol–water partition coefficient (Wildman–Crippen LogP) is 4.34. The summed E-state index contributed by atoms with van der Waals surface area (Å²) in [4.78, 5) is 43.3. The number of ether oxygens (including phenoxy) is 1. The molecular formula is C22H14Cl2F3N3O4. The van der Waals surface area contributed by atoms with E-state index in [1.807, 2.05) is 0 Å². The molecule has 3 heterocycles. The summed E-state index contributed by atoms with van der Waals surface area (Å²) in [5, 5.41) is 0.579. The van der Waals surface area contributed by atoms with Gasteiger partial charge in [-0.15, -0.1) is 0 Å². The number of halogens is 5. The second kappa shape index (κ2) is 9.11. The largest absolute Gasteiger partial charge is 0.491 e. The van der Waals surface area contributed by atoms with E-state index in [2.05, 4.69) is 9.72 Å². The average molecular weight is 512 g/mol. The lowest BCUT2D eigenvalue weighted by Gasteiger charge is -2.31. The van der Waals surface area contributed by atoms with Crippen LogP contribution in [0.4, 0.5) is 13.2 Å². The molecule has 0 spiro atoms. The van der Waals surface area contributed by atoms with Crippen molar-refractivity contribution in [3.63, 3.8) is 0 Å². The number of benzene rings is 1. The lowest BCUT2D eigenvalue weighted by molar-refractivity contribution is -0.189. The Hall–Kier alpha value is -3.37. The van der Waals surface area contributed by atoms with Gasteiger partial charge < -0.3 is 14.2 Å². The summed E-state index contributed by atoms with van der Waals surface area (Å²) in [6.45, 7) is 0.334. The van der Waals surface area contributed by atoms with E-state index in [-0.39, 0.29) is 35.9 Å². The summed E-state index contributed by atoms with van der Waals surface area (Å²) < 4.78 is 44.6. The van der Waals surface area contributed by atoms with Crippen LogP contribution >= 0.6 is 23.2 Å². The molecule has 0 fully saturated rings. The molecule has 176 valence electrons. The zero-order valence-electron chi connectivity index (χ0n) is 17.1. The normalized spacial score (nSPS) is 13.6. The van der Waals surface area contributed by atoms with Crippen LogP contribution < -0.4 is 10.2 Å². The van der Waals surface area contributed by atoms with E-state index in [0.717, 1.165) is 0 Å². The number of carbonyl (C=O) groups excluding carboxylic acids is 2. The van der Waals surface area contributed by atoms with Crippen LogP contribution in [0.25, 0.3) is 11.3 Å². The first-order valence-electron chi connectivity index (χ1n) is 9.77. The third-order valence-corrected chi connectivity index (χ3v) is 5.80. The van der Waals surface area contributed by atoms with Gasteiger partial charge in [-0.05, 0) is 29.8 Å². The molecule has 0 radical (unpaired) electrons. The van der Waals surface area contributed by atoms with Gasteiger partial charge >= 0.3 is 12.1 Å². The highest BCUT2D eigenvalue weighted by Gasteiger charge is 2.43. The van der Waals surface area contributed by atoms with Gasteiger partial charge in [0.1, 0.15) is 0 Å². The van der Waals surface area contributed by atoms with E-state index in [9.17, 15) is 27.6 Å². The third-order valence-electron chi connectivity index (χ3n) is 5.06. The smallest absolute Gasteiger partial charge is 0.413 e. The molecule has 4 rings (SSSR count). The number of amides is 1. The topological polar surface area (TPSA) is 81.5 Å². The number of rotatable bonds is 4. The summed E-state index contributed by atoms with van der Waals surface area (Å²) in [5.74, 6) is -4.40. The highest BCUT2D eigenvalue weighted by molar-refractivity contribution is 6.42. The summed E-state index contributed by atoms with van der Waals surface area (Å²) in [6, 6.07) is 9.37. The van der Waals surface area contributed by atoms with Crippen LogP contribution in [0, 0.1) is 0 Å². The number of aromatic nitrogens is 2. The zero-order valence-corrected chi connectivity index (χ0v) is 18.6. The molecule has 1 amide bonds. The van der Waals surface area contributed by atoms with Crippen LogP contribution in [-0.2, 0) is 17.9 Å². The van der Waals surface area contributed by atoms with E-state index in [0.29, 0.717) is 10.6 Å². The fourth-order valence-electron chi connectivity index (χ4n) is 3.47. The van der Waals surface area contributed by atoms with Crippen molar-refractivity contribution >= 4 is 35.1 Å². The summed E-state index contributed by atoms with van der Waals surface area (Å²) in [6.07, 6.45) is -2.66. The first-order chi connectivity index (χ1) is 16.1.